The van der Waals surface area contributed by atoms with E-state index in [9.17, 15) is 0 Å². The van der Waals surface area contributed by atoms with Crippen molar-refractivity contribution in [2.45, 2.75) is 65.6 Å². The van der Waals surface area contributed by atoms with Crippen LogP contribution in [-0.2, 0) is 27.4 Å². The van der Waals surface area contributed by atoms with Crippen LogP contribution in [0, 0.1) is 7.14 Å². The van der Waals surface area contributed by atoms with Crippen LogP contribution >= 0.6 is 45.2 Å². The summed E-state index contributed by atoms with van der Waals surface area (Å²) >= 11 is 4.70. The molecule has 180 valence electrons. The molecule has 0 aromatic heterocycles. The number of halogens is 2. The molecule has 0 unspecified atom stereocenters. The lowest BCUT2D eigenvalue weighted by Crippen LogP contribution is -2.06. The van der Waals surface area contributed by atoms with Crippen molar-refractivity contribution in [3.8, 4) is 0 Å². The van der Waals surface area contributed by atoms with Crippen molar-refractivity contribution >= 4 is 57.3 Å². The molecule has 0 N–H and O–H groups in total. The van der Waals surface area contributed by atoms with Crippen LogP contribution in [-0.4, -0.2) is 13.6 Å². The maximum absolute atomic E-state index is 5.72. The molecule has 0 radical (unpaired) electrons. The van der Waals surface area contributed by atoms with Crippen molar-refractivity contribution in [3.63, 3.8) is 0 Å². The van der Waals surface area contributed by atoms with Crippen LogP contribution in [0.25, 0.3) is 12.2 Å². The van der Waals surface area contributed by atoms with E-state index in [1.165, 1.54) is 55.1 Å². The minimum absolute atomic E-state index is 0.212. The summed E-state index contributed by atoms with van der Waals surface area (Å²) < 4.78 is 19.4. The largest absolute Gasteiger partial charge is 0.351 e. The van der Waals surface area contributed by atoms with Gasteiger partial charge >= 0.3 is 0 Å². The molecule has 0 saturated heterocycles. The predicted molar refractivity (Wildman–Crippen MR) is 156 cm³/mol. The second-order valence-electron chi connectivity index (χ2n) is 7.93. The number of hydrogen-bond acceptors (Lipinski definition) is 3. The van der Waals surface area contributed by atoms with Gasteiger partial charge in [-0.3, -0.25) is 0 Å². The van der Waals surface area contributed by atoms with Gasteiger partial charge in [0, 0.05) is 7.14 Å². The van der Waals surface area contributed by atoms with E-state index >= 15 is 0 Å². The summed E-state index contributed by atoms with van der Waals surface area (Å²) in [5.74, 6) is 0. The normalized spacial score (nSPS) is 11.8. The Labute approximate surface area is 227 Å². The van der Waals surface area contributed by atoms with Crippen LogP contribution in [0.5, 0.6) is 0 Å². The van der Waals surface area contributed by atoms with Crippen LogP contribution in [0.2, 0.25) is 0 Å². The molecular weight excluding hydrogens is 638 g/mol. The van der Waals surface area contributed by atoms with Crippen LogP contribution in [0.3, 0.4) is 0 Å². The number of allylic oxidation sites excluding steroid dienone is 2. The predicted octanol–water partition coefficient (Wildman–Crippen LogP) is 8.97. The molecule has 0 aliphatic rings. The molecule has 0 aliphatic carbocycles. The van der Waals surface area contributed by atoms with E-state index in [0.29, 0.717) is 13.2 Å². The first-order valence-corrected chi connectivity index (χ1v) is 13.9. The van der Waals surface area contributed by atoms with Gasteiger partial charge in [0.2, 0.25) is 0 Å². The molecule has 0 bridgehead atoms. The molecule has 0 amide bonds. The Morgan fingerprint density at radius 1 is 0.667 bits per heavy atom. The molecule has 0 spiro atoms. The van der Waals surface area contributed by atoms with Gasteiger partial charge in [0.15, 0.2) is 0 Å². The average molecular weight is 674 g/mol. The van der Waals surface area contributed by atoms with Gasteiger partial charge in [-0.15, -0.1) is 0 Å². The number of rotatable bonds is 16. The average Bonchev–Trinajstić information content (AvgIpc) is 2.82. The van der Waals surface area contributed by atoms with Gasteiger partial charge in [-0.05, 0) is 105 Å². The third-order valence-electron chi connectivity index (χ3n) is 5.06. The van der Waals surface area contributed by atoms with E-state index < -0.39 is 0 Å². The molecule has 2 aromatic rings. The van der Waals surface area contributed by atoms with Crippen molar-refractivity contribution in [2.24, 2.45) is 0 Å². The Balaban J connectivity index is 1.69. The van der Waals surface area contributed by atoms with Gasteiger partial charge in [-0.2, -0.15) is 0 Å². The Morgan fingerprint density at radius 3 is 1.55 bits per heavy atom. The summed E-state index contributed by atoms with van der Waals surface area (Å²) in [6.07, 6.45) is 16.0. The minimum atomic E-state index is 0.212. The maximum Gasteiger partial charge on any atom is 0.150 e. The number of benzene rings is 2. The molecule has 0 aliphatic heterocycles. The highest BCUT2D eigenvalue weighted by atomic mass is 127. The fourth-order valence-electron chi connectivity index (χ4n) is 3.16. The van der Waals surface area contributed by atoms with Crippen LogP contribution in [0.1, 0.15) is 74.6 Å². The zero-order valence-electron chi connectivity index (χ0n) is 19.8. The zero-order chi connectivity index (χ0) is 23.7. The summed E-state index contributed by atoms with van der Waals surface area (Å²) in [7, 11) is 0. The maximum atomic E-state index is 5.72. The number of hydrogen-bond donors (Lipinski definition) is 0. The standard InChI is InChI=1S/C28H36I2O3/c1-3-5-7-9-11-23-13-15-27(29)25(17-23)19-31-21-33-22-32-20-26-18-24(14-16-28(26)30)12-10-8-6-4-2/h9-18H,3-8,19-22H2,1-2H3. The Hall–Kier alpha value is -0.740. The van der Waals surface area contributed by atoms with E-state index in [0.717, 1.165) is 12.8 Å². The fourth-order valence-corrected chi connectivity index (χ4v) is 4.14. The molecule has 3 nitrogen and oxygen atoms in total. The van der Waals surface area contributed by atoms with Gasteiger partial charge in [0.05, 0.1) is 13.2 Å². The van der Waals surface area contributed by atoms with Crippen molar-refractivity contribution in [1.29, 1.82) is 0 Å². The van der Waals surface area contributed by atoms with Gasteiger partial charge in [0.25, 0.3) is 0 Å². The summed E-state index contributed by atoms with van der Waals surface area (Å²) in [6, 6.07) is 12.9. The highest BCUT2D eigenvalue weighted by Gasteiger charge is 2.03. The van der Waals surface area contributed by atoms with E-state index in [-0.39, 0.29) is 13.6 Å². The lowest BCUT2D eigenvalue weighted by molar-refractivity contribution is -0.139. The van der Waals surface area contributed by atoms with Crippen LogP contribution in [0.4, 0.5) is 0 Å². The first kappa shape index (κ1) is 28.5. The van der Waals surface area contributed by atoms with Crippen molar-refractivity contribution < 1.29 is 14.2 Å². The van der Waals surface area contributed by atoms with E-state index in [2.05, 4.69) is 120 Å². The van der Waals surface area contributed by atoms with Gasteiger partial charge in [-0.25, -0.2) is 0 Å². The van der Waals surface area contributed by atoms with Crippen molar-refractivity contribution in [2.75, 3.05) is 13.6 Å². The second kappa shape index (κ2) is 17.7. The van der Waals surface area contributed by atoms with Gasteiger partial charge in [-0.1, -0.05) is 76.0 Å². The van der Waals surface area contributed by atoms with Crippen LogP contribution < -0.4 is 0 Å². The third-order valence-corrected chi connectivity index (χ3v) is 7.16. The Kier molecular flexibility index (Phi) is 15.2. The molecule has 0 fully saturated rings. The summed E-state index contributed by atoms with van der Waals surface area (Å²) in [5.41, 5.74) is 4.78. The summed E-state index contributed by atoms with van der Waals surface area (Å²) in [4.78, 5) is 0. The second-order valence-corrected chi connectivity index (χ2v) is 10.3. The van der Waals surface area contributed by atoms with Gasteiger partial charge in [0.1, 0.15) is 13.6 Å². The van der Waals surface area contributed by atoms with E-state index in [1.807, 2.05) is 0 Å². The lowest BCUT2D eigenvalue weighted by Gasteiger charge is -2.10. The van der Waals surface area contributed by atoms with E-state index in [4.69, 9.17) is 14.2 Å². The molecule has 33 heavy (non-hydrogen) atoms. The topological polar surface area (TPSA) is 27.7 Å². The van der Waals surface area contributed by atoms with E-state index in [1.54, 1.807) is 0 Å². The SMILES string of the molecule is CCCCC=Cc1ccc(I)c(COCOCOCc2cc(C=CCCCC)ccc2I)c1. The van der Waals surface area contributed by atoms with Crippen molar-refractivity contribution in [1.82, 2.24) is 0 Å². The number of ether oxygens (including phenoxy) is 3. The summed E-state index contributed by atoms with van der Waals surface area (Å²) in [6.45, 7) is 5.91. The molecule has 2 aromatic carbocycles. The molecular formula is C28H36I2O3. The highest BCUT2D eigenvalue weighted by Crippen LogP contribution is 2.18. The van der Waals surface area contributed by atoms with Gasteiger partial charge < -0.3 is 14.2 Å². The molecule has 0 saturated carbocycles. The smallest absolute Gasteiger partial charge is 0.150 e. The quantitative estimate of drug-likeness (QED) is 0.101. The Morgan fingerprint density at radius 2 is 1.12 bits per heavy atom. The zero-order valence-corrected chi connectivity index (χ0v) is 24.1. The van der Waals surface area contributed by atoms with Crippen LogP contribution in [0.15, 0.2) is 48.6 Å². The van der Waals surface area contributed by atoms with Crippen molar-refractivity contribution in [3.05, 3.63) is 77.9 Å². The number of unbranched alkanes of at least 4 members (excludes halogenated alkanes) is 4. The first-order valence-electron chi connectivity index (χ1n) is 11.8. The third kappa shape index (κ3) is 12.0. The molecule has 2 rings (SSSR count). The molecule has 0 heterocycles. The minimum Gasteiger partial charge on any atom is -0.351 e. The molecule has 0 atom stereocenters. The lowest BCUT2D eigenvalue weighted by atomic mass is 10.1. The fraction of sp³-hybridized carbons (Fsp3) is 0.429. The first-order chi connectivity index (χ1) is 16.1. The monoisotopic (exact) mass is 674 g/mol. The Bertz CT molecular complexity index is 806. The highest BCUT2D eigenvalue weighted by molar-refractivity contribution is 14.1. The summed E-state index contributed by atoms with van der Waals surface area (Å²) in [5, 5.41) is 0. The molecule has 5 heteroatoms.